The van der Waals surface area contributed by atoms with Gasteiger partial charge in [0.1, 0.15) is 17.8 Å². The van der Waals surface area contributed by atoms with Crippen molar-refractivity contribution in [2.45, 2.75) is 39.3 Å². The minimum atomic E-state index is -0.00694. The molecule has 0 unspecified atom stereocenters. The molecule has 2 heterocycles. The van der Waals surface area contributed by atoms with Gasteiger partial charge in [-0.25, -0.2) is 0 Å². The number of hydrogen-bond donors (Lipinski definition) is 1. The average molecular weight is 287 g/mol. The van der Waals surface area contributed by atoms with Crippen molar-refractivity contribution in [1.29, 1.82) is 0 Å². The summed E-state index contributed by atoms with van der Waals surface area (Å²) in [5.41, 5.74) is 1.96. The summed E-state index contributed by atoms with van der Waals surface area (Å²) in [4.78, 5) is 24.0. The maximum Gasteiger partial charge on any atom is 0.167 e. The highest BCUT2D eigenvalue weighted by molar-refractivity contribution is 6.10. The Balaban J connectivity index is 1.71. The van der Waals surface area contributed by atoms with E-state index in [2.05, 4.69) is 5.32 Å². The third-order valence-electron chi connectivity index (χ3n) is 3.62. The van der Waals surface area contributed by atoms with E-state index in [0.717, 1.165) is 11.3 Å². The molecule has 1 aliphatic rings. The number of ketones is 2. The van der Waals surface area contributed by atoms with Crippen molar-refractivity contribution >= 4 is 11.6 Å². The number of fused-ring (bicyclic) bond motifs is 1. The normalized spacial score (nSPS) is 15.1. The van der Waals surface area contributed by atoms with Gasteiger partial charge in [-0.05, 0) is 25.0 Å². The summed E-state index contributed by atoms with van der Waals surface area (Å²) in [5.74, 6) is 1.35. The number of Topliss-reactive ketones (excluding diaryl/α,β-unsaturated/α-hetero) is 2. The van der Waals surface area contributed by atoms with Crippen LogP contribution in [0.2, 0.25) is 0 Å². The fraction of sp³-hybridized carbons (Fsp3) is 0.375. The van der Waals surface area contributed by atoms with Gasteiger partial charge in [0.15, 0.2) is 11.6 Å². The summed E-state index contributed by atoms with van der Waals surface area (Å²) in [7, 11) is 0. The largest absolute Gasteiger partial charge is 0.468 e. The highest BCUT2D eigenvalue weighted by Crippen LogP contribution is 2.25. The molecule has 21 heavy (non-hydrogen) atoms. The van der Waals surface area contributed by atoms with Crippen LogP contribution in [0.4, 0.5) is 0 Å². The van der Waals surface area contributed by atoms with E-state index in [0.29, 0.717) is 49.2 Å². The lowest BCUT2D eigenvalue weighted by molar-refractivity contribution is 0.0980. The molecule has 5 heteroatoms. The molecule has 0 aromatic carbocycles. The van der Waals surface area contributed by atoms with Gasteiger partial charge >= 0.3 is 0 Å². The molecule has 1 aliphatic carbocycles. The quantitative estimate of drug-likeness (QED) is 0.875. The molecule has 0 amide bonds. The third-order valence-corrected chi connectivity index (χ3v) is 3.62. The zero-order valence-electron chi connectivity index (χ0n) is 11.9. The van der Waals surface area contributed by atoms with Gasteiger partial charge in [-0.1, -0.05) is 0 Å². The van der Waals surface area contributed by atoms with Crippen molar-refractivity contribution in [2.75, 3.05) is 0 Å². The first-order chi connectivity index (χ1) is 10.1. The van der Waals surface area contributed by atoms with E-state index < -0.39 is 0 Å². The van der Waals surface area contributed by atoms with Crippen LogP contribution in [0.5, 0.6) is 0 Å². The van der Waals surface area contributed by atoms with Gasteiger partial charge in [0.05, 0.1) is 30.5 Å². The number of carbonyl (C=O) groups is 2. The van der Waals surface area contributed by atoms with Gasteiger partial charge in [0, 0.05) is 12.8 Å². The Morgan fingerprint density at radius 1 is 1.10 bits per heavy atom. The van der Waals surface area contributed by atoms with Crippen molar-refractivity contribution in [3.63, 3.8) is 0 Å². The zero-order chi connectivity index (χ0) is 14.8. The Bertz CT molecular complexity index is 680. The second kappa shape index (κ2) is 5.69. The highest BCUT2D eigenvalue weighted by Gasteiger charge is 2.27. The molecule has 3 rings (SSSR count). The lowest BCUT2D eigenvalue weighted by Gasteiger charge is -2.03. The standard InChI is InChI=1S/C16H17NO4/c1-10-5-11(20-8-10)6-17-7-15-16-12(9-21-15)13(18)3-2-4-14(16)19/h5,8-9,17H,2-4,6-7H2,1H3. The SMILES string of the molecule is Cc1coc(CNCc2occ3c2C(=O)CCCC3=O)c1. The molecule has 0 aliphatic heterocycles. The maximum atomic E-state index is 12.1. The van der Waals surface area contributed by atoms with Crippen LogP contribution in [0.1, 0.15) is 57.1 Å². The second-order valence-electron chi connectivity index (χ2n) is 5.34. The van der Waals surface area contributed by atoms with Gasteiger partial charge in [-0.15, -0.1) is 0 Å². The summed E-state index contributed by atoms with van der Waals surface area (Å²) < 4.78 is 10.8. The number of nitrogens with one attached hydrogen (secondary N) is 1. The molecule has 2 aromatic heterocycles. The predicted molar refractivity (Wildman–Crippen MR) is 75.2 cm³/mol. The average Bonchev–Trinajstić information content (AvgIpc) is 3.02. The maximum absolute atomic E-state index is 12.1. The number of rotatable bonds is 4. The molecule has 5 nitrogen and oxygen atoms in total. The molecule has 0 bridgehead atoms. The van der Waals surface area contributed by atoms with E-state index in [9.17, 15) is 9.59 Å². The van der Waals surface area contributed by atoms with E-state index in [1.807, 2.05) is 13.0 Å². The lowest BCUT2D eigenvalue weighted by Crippen LogP contribution is -2.14. The van der Waals surface area contributed by atoms with E-state index >= 15 is 0 Å². The Labute approximate surface area is 122 Å². The Kier molecular flexibility index (Phi) is 3.75. The molecule has 110 valence electrons. The smallest absolute Gasteiger partial charge is 0.167 e. The fourth-order valence-corrected chi connectivity index (χ4v) is 2.59. The first-order valence-corrected chi connectivity index (χ1v) is 7.06. The summed E-state index contributed by atoms with van der Waals surface area (Å²) in [5, 5.41) is 3.17. The Hall–Kier alpha value is -2.14. The van der Waals surface area contributed by atoms with Crippen molar-refractivity contribution in [1.82, 2.24) is 5.32 Å². The number of carbonyl (C=O) groups excluding carboxylic acids is 2. The van der Waals surface area contributed by atoms with Crippen LogP contribution < -0.4 is 5.32 Å². The third kappa shape index (κ3) is 2.83. The van der Waals surface area contributed by atoms with Gasteiger partial charge in [0.25, 0.3) is 0 Å². The van der Waals surface area contributed by atoms with Crippen LogP contribution in [-0.2, 0) is 13.1 Å². The van der Waals surface area contributed by atoms with Crippen molar-refractivity contribution < 1.29 is 18.4 Å². The first kappa shape index (κ1) is 13.8. The topological polar surface area (TPSA) is 72.5 Å². The van der Waals surface area contributed by atoms with E-state index in [1.54, 1.807) is 6.26 Å². The molecule has 0 radical (unpaired) electrons. The summed E-state index contributed by atoms with van der Waals surface area (Å²) in [6, 6.07) is 1.95. The molecule has 1 N–H and O–H groups in total. The minimum Gasteiger partial charge on any atom is -0.468 e. The Morgan fingerprint density at radius 3 is 2.67 bits per heavy atom. The molecular formula is C16H17NO4. The molecule has 0 spiro atoms. The van der Waals surface area contributed by atoms with Crippen LogP contribution in [0.25, 0.3) is 0 Å². The molecular weight excluding hydrogens is 270 g/mol. The van der Waals surface area contributed by atoms with Crippen LogP contribution in [0.3, 0.4) is 0 Å². The van der Waals surface area contributed by atoms with Gasteiger partial charge < -0.3 is 14.2 Å². The van der Waals surface area contributed by atoms with Crippen molar-refractivity contribution in [2.24, 2.45) is 0 Å². The van der Waals surface area contributed by atoms with Crippen LogP contribution in [0.15, 0.2) is 27.4 Å². The first-order valence-electron chi connectivity index (χ1n) is 7.06. The molecule has 0 saturated carbocycles. The summed E-state index contributed by atoms with van der Waals surface area (Å²) in [6.45, 7) is 2.91. The minimum absolute atomic E-state index is 0.00440. The van der Waals surface area contributed by atoms with Crippen LogP contribution in [0, 0.1) is 6.92 Å². The lowest BCUT2D eigenvalue weighted by atomic mass is 10.0. The van der Waals surface area contributed by atoms with E-state index in [-0.39, 0.29) is 11.6 Å². The van der Waals surface area contributed by atoms with Crippen molar-refractivity contribution in [3.05, 3.63) is 46.8 Å². The monoisotopic (exact) mass is 287 g/mol. The summed E-state index contributed by atoms with van der Waals surface area (Å²) in [6.07, 6.45) is 4.54. The van der Waals surface area contributed by atoms with E-state index in [4.69, 9.17) is 8.83 Å². The molecule has 0 atom stereocenters. The number of hydrogen-bond acceptors (Lipinski definition) is 5. The number of furan rings is 2. The predicted octanol–water partition coefficient (Wildman–Crippen LogP) is 3.02. The summed E-state index contributed by atoms with van der Waals surface area (Å²) >= 11 is 0. The highest BCUT2D eigenvalue weighted by atomic mass is 16.3. The van der Waals surface area contributed by atoms with E-state index in [1.165, 1.54) is 6.26 Å². The second-order valence-corrected chi connectivity index (χ2v) is 5.34. The van der Waals surface area contributed by atoms with Crippen LogP contribution in [-0.4, -0.2) is 11.6 Å². The molecule has 2 aromatic rings. The fourth-order valence-electron chi connectivity index (χ4n) is 2.59. The molecule has 0 fully saturated rings. The molecule has 0 saturated heterocycles. The number of aryl methyl sites for hydroxylation is 1. The Morgan fingerprint density at radius 2 is 1.90 bits per heavy atom. The van der Waals surface area contributed by atoms with Gasteiger partial charge in [-0.2, -0.15) is 0 Å². The van der Waals surface area contributed by atoms with Crippen molar-refractivity contribution in [3.8, 4) is 0 Å². The van der Waals surface area contributed by atoms with Crippen LogP contribution >= 0.6 is 0 Å². The zero-order valence-corrected chi connectivity index (χ0v) is 11.9. The van der Waals surface area contributed by atoms with Gasteiger partial charge in [0.2, 0.25) is 0 Å². The van der Waals surface area contributed by atoms with Gasteiger partial charge in [-0.3, -0.25) is 9.59 Å².